The number of hydrogen-bond acceptors (Lipinski definition) is 2. The Balaban J connectivity index is 2.42. The molecule has 0 spiro atoms. The average Bonchev–Trinajstić information content (AvgIpc) is 2.40. The van der Waals surface area contributed by atoms with Gasteiger partial charge < -0.3 is 10.6 Å². The van der Waals surface area contributed by atoms with E-state index in [4.69, 9.17) is 17.3 Å². The Morgan fingerprint density at radius 2 is 1.84 bits per heavy atom. The molecule has 2 rings (SSSR count). The fourth-order valence-electron chi connectivity index (χ4n) is 1.95. The molecule has 0 saturated heterocycles. The highest BCUT2D eigenvalue weighted by Crippen LogP contribution is 2.26. The molecule has 0 heterocycles. The Hall–Kier alpha value is -2.00. The van der Waals surface area contributed by atoms with Gasteiger partial charge in [-0.3, -0.25) is 4.79 Å². The van der Waals surface area contributed by atoms with Crippen LogP contribution in [0.25, 0.3) is 0 Å². The first-order valence-electron chi connectivity index (χ1n) is 6.06. The second-order valence-electron chi connectivity index (χ2n) is 4.09. The Kier molecular flexibility index (Phi) is 4.07. The van der Waals surface area contributed by atoms with E-state index in [9.17, 15) is 4.79 Å². The van der Waals surface area contributed by atoms with Gasteiger partial charge >= 0.3 is 0 Å². The largest absolute Gasteiger partial charge is 0.398 e. The van der Waals surface area contributed by atoms with Gasteiger partial charge in [0, 0.05) is 17.9 Å². The number of nitrogens with zero attached hydrogens (tertiary/aromatic N) is 1. The third kappa shape index (κ3) is 2.71. The Morgan fingerprint density at radius 3 is 2.42 bits per heavy atom. The van der Waals surface area contributed by atoms with Gasteiger partial charge in [0.15, 0.2) is 0 Å². The van der Waals surface area contributed by atoms with Crippen LogP contribution in [-0.2, 0) is 0 Å². The van der Waals surface area contributed by atoms with Crippen LogP contribution in [0, 0.1) is 0 Å². The predicted molar refractivity (Wildman–Crippen MR) is 79.7 cm³/mol. The van der Waals surface area contributed by atoms with Crippen molar-refractivity contribution in [2.45, 2.75) is 6.92 Å². The number of halogens is 1. The van der Waals surface area contributed by atoms with E-state index in [1.807, 2.05) is 37.3 Å². The molecule has 2 N–H and O–H groups in total. The van der Waals surface area contributed by atoms with Crippen LogP contribution in [0.15, 0.2) is 48.5 Å². The number of carbonyl (C=O) groups is 1. The van der Waals surface area contributed by atoms with Crippen molar-refractivity contribution in [3.63, 3.8) is 0 Å². The van der Waals surface area contributed by atoms with E-state index in [0.717, 1.165) is 5.69 Å². The Labute approximate surface area is 117 Å². The molecule has 0 bridgehead atoms. The molecule has 0 fully saturated rings. The van der Waals surface area contributed by atoms with Crippen molar-refractivity contribution in [3.05, 3.63) is 59.1 Å². The molecule has 0 aromatic heterocycles. The molecule has 1 amide bonds. The Morgan fingerprint density at radius 1 is 1.16 bits per heavy atom. The zero-order valence-corrected chi connectivity index (χ0v) is 11.4. The van der Waals surface area contributed by atoms with E-state index in [1.54, 1.807) is 23.1 Å². The molecule has 0 radical (unpaired) electrons. The van der Waals surface area contributed by atoms with Crippen molar-refractivity contribution in [2.75, 3.05) is 17.2 Å². The number of nitrogen functional groups attached to an aromatic ring is 1. The van der Waals surface area contributed by atoms with Crippen molar-refractivity contribution < 1.29 is 4.79 Å². The van der Waals surface area contributed by atoms with Crippen LogP contribution in [0.5, 0.6) is 0 Å². The maximum Gasteiger partial charge on any atom is 0.261 e. The zero-order chi connectivity index (χ0) is 13.8. The first-order valence-corrected chi connectivity index (χ1v) is 6.43. The second-order valence-corrected chi connectivity index (χ2v) is 4.50. The molecule has 98 valence electrons. The summed E-state index contributed by atoms with van der Waals surface area (Å²) in [6.45, 7) is 2.46. The zero-order valence-electron chi connectivity index (χ0n) is 10.6. The van der Waals surface area contributed by atoms with Crippen molar-refractivity contribution >= 4 is 28.9 Å². The minimum atomic E-state index is -0.184. The van der Waals surface area contributed by atoms with Crippen LogP contribution in [0.4, 0.5) is 11.4 Å². The van der Waals surface area contributed by atoms with Gasteiger partial charge in [-0.15, -0.1) is 0 Å². The summed E-state index contributed by atoms with van der Waals surface area (Å²) in [5, 5.41) is 0.374. The highest BCUT2D eigenvalue weighted by Gasteiger charge is 2.20. The molecule has 2 aromatic carbocycles. The normalized spacial score (nSPS) is 10.2. The number of anilines is 2. The van der Waals surface area contributed by atoms with Gasteiger partial charge in [0.05, 0.1) is 10.6 Å². The molecule has 19 heavy (non-hydrogen) atoms. The number of carbonyl (C=O) groups excluding carboxylic acids is 1. The van der Waals surface area contributed by atoms with Crippen molar-refractivity contribution in [1.29, 1.82) is 0 Å². The molecular weight excluding hydrogens is 260 g/mol. The monoisotopic (exact) mass is 274 g/mol. The fraction of sp³-hybridized carbons (Fsp3) is 0.133. The highest BCUT2D eigenvalue weighted by atomic mass is 35.5. The van der Waals surface area contributed by atoms with E-state index in [-0.39, 0.29) is 5.91 Å². The first-order chi connectivity index (χ1) is 9.15. The van der Waals surface area contributed by atoms with Gasteiger partial charge in [-0.05, 0) is 31.2 Å². The molecule has 4 heteroatoms. The maximum absolute atomic E-state index is 12.6. The summed E-state index contributed by atoms with van der Waals surface area (Å²) in [4.78, 5) is 14.2. The number of para-hydroxylation sites is 1. The standard InChI is InChI=1S/C15H15ClN2O/c1-2-18(11-7-4-3-5-8-11)15(19)14-12(16)9-6-10-13(14)17/h3-10H,2,17H2,1H3. The van der Waals surface area contributed by atoms with Gasteiger partial charge in [0.2, 0.25) is 0 Å². The number of amides is 1. The number of rotatable bonds is 3. The maximum atomic E-state index is 12.6. The van der Waals surface area contributed by atoms with Crippen molar-refractivity contribution in [2.24, 2.45) is 0 Å². The smallest absolute Gasteiger partial charge is 0.261 e. The summed E-state index contributed by atoms with van der Waals surface area (Å²) < 4.78 is 0. The molecule has 0 aliphatic rings. The number of hydrogen-bond donors (Lipinski definition) is 1. The van der Waals surface area contributed by atoms with E-state index in [2.05, 4.69) is 0 Å². The lowest BCUT2D eigenvalue weighted by Crippen LogP contribution is -2.31. The van der Waals surface area contributed by atoms with Gasteiger partial charge in [0.1, 0.15) is 0 Å². The fourth-order valence-corrected chi connectivity index (χ4v) is 2.22. The molecule has 3 nitrogen and oxygen atoms in total. The minimum absolute atomic E-state index is 0.184. The summed E-state index contributed by atoms with van der Waals surface area (Å²) in [5.41, 5.74) is 7.44. The summed E-state index contributed by atoms with van der Waals surface area (Å²) in [6, 6.07) is 14.5. The third-order valence-corrected chi connectivity index (χ3v) is 3.20. The van der Waals surface area contributed by atoms with E-state index < -0.39 is 0 Å². The second kappa shape index (κ2) is 5.76. The summed E-state index contributed by atoms with van der Waals surface area (Å²) in [7, 11) is 0. The quantitative estimate of drug-likeness (QED) is 0.870. The van der Waals surface area contributed by atoms with E-state index in [0.29, 0.717) is 22.8 Å². The molecule has 0 saturated carbocycles. The predicted octanol–water partition coefficient (Wildman–Crippen LogP) is 3.59. The molecule has 2 aromatic rings. The lowest BCUT2D eigenvalue weighted by Gasteiger charge is -2.22. The minimum Gasteiger partial charge on any atom is -0.398 e. The Bertz CT molecular complexity index is 564. The number of nitrogens with two attached hydrogens (primary N) is 1. The lowest BCUT2D eigenvalue weighted by atomic mass is 10.1. The molecule has 0 unspecified atom stereocenters. The van der Waals surface area contributed by atoms with Gasteiger partial charge in [-0.25, -0.2) is 0 Å². The van der Waals surface area contributed by atoms with Crippen LogP contribution >= 0.6 is 11.6 Å². The molecular formula is C15H15ClN2O. The molecule has 0 aliphatic heterocycles. The van der Waals surface area contributed by atoms with E-state index in [1.165, 1.54) is 0 Å². The molecule has 0 atom stereocenters. The summed E-state index contributed by atoms with van der Waals surface area (Å²) >= 11 is 6.09. The van der Waals surface area contributed by atoms with Crippen LogP contribution in [-0.4, -0.2) is 12.5 Å². The molecule has 0 aliphatic carbocycles. The van der Waals surface area contributed by atoms with Crippen molar-refractivity contribution in [1.82, 2.24) is 0 Å². The summed E-state index contributed by atoms with van der Waals surface area (Å²) in [5.74, 6) is -0.184. The lowest BCUT2D eigenvalue weighted by molar-refractivity contribution is 0.0989. The first kappa shape index (κ1) is 13.4. The third-order valence-electron chi connectivity index (χ3n) is 2.89. The van der Waals surface area contributed by atoms with Crippen LogP contribution < -0.4 is 10.6 Å². The highest BCUT2D eigenvalue weighted by molar-refractivity contribution is 6.35. The summed E-state index contributed by atoms with van der Waals surface area (Å²) in [6.07, 6.45) is 0. The van der Waals surface area contributed by atoms with Crippen LogP contribution in [0.1, 0.15) is 17.3 Å². The van der Waals surface area contributed by atoms with Crippen LogP contribution in [0.2, 0.25) is 5.02 Å². The number of benzene rings is 2. The van der Waals surface area contributed by atoms with Crippen LogP contribution in [0.3, 0.4) is 0 Å². The van der Waals surface area contributed by atoms with Gasteiger partial charge in [-0.1, -0.05) is 35.9 Å². The average molecular weight is 275 g/mol. The van der Waals surface area contributed by atoms with Crippen molar-refractivity contribution in [3.8, 4) is 0 Å². The topological polar surface area (TPSA) is 46.3 Å². The SMILES string of the molecule is CCN(C(=O)c1c(N)cccc1Cl)c1ccccc1. The van der Waals surface area contributed by atoms with Gasteiger partial charge in [-0.2, -0.15) is 0 Å². The van der Waals surface area contributed by atoms with E-state index >= 15 is 0 Å². The van der Waals surface area contributed by atoms with Gasteiger partial charge in [0.25, 0.3) is 5.91 Å².